The molecule has 118 valence electrons. The van der Waals surface area contributed by atoms with Gasteiger partial charge in [-0.05, 0) is 50.9 Å². The molecule has 2 rings (SSSR count). The number of likely N-dealkylation sites (N-methyl/N-ethyl adjacent to an activating group) is 1. The molecule has 0 bridgehead atoms. The molecule has 1 saturated carbocycles. The largest absolute Gasteiger partial charge is 0.370 e. The van der Waals surface area contributed by atoms with Crippen LogP contribution in [0, 0.1) is 0 Å². The normalized spacial score (nSPS) is 16.5. The second kappa shape index (κ2) is 8.58. The molecule has 5 heteroatoms. The predicted molar refractivity (Wildman–Crippen MR) is 102 cm³/mol. The highest BCUT2D eigenvalue weighted by Crippen LogP contribution is 2.26. The quantitative estimate of drug-likeness (QED) is 0.437. The smallest absolute Gasteiger partial charge is 0.193 e. The summed E-state index contributed by atoms with van der Waals surface area (Å²) in [6, 6.07) is 9.48. The Kier molecular flexibility index (Phi) is 7.45. The number of guanidine groups is 1. The predicted octanol–water partition coefficient (Wildman–Crippen LogP) is 3.08. The zero-order valence-corrected chi connectivity index (χ0v) is 15.5. The van der Waals surface area contributed by atoms with Gasteiger partial charge in [-0.25, -0.2) is 0 Å². The fourth-order valence-corrected chi connectivity index (χ4v) is 2.26. The maximum absolute atomic E-state index is 5.96. The Balaban J connectivity index is 0.00000220. The van der Waals surface area contributed by atoms with E-state index in [0.717, 1.165) is 24.7 Å². The average molecular weight is 402 g/mol. The van der Waals surface area contributed by atoms with Crippen molar-refractivity contribution in [2.45, 2.75) is 45.2 Å². The molecule has 0 heterocycles. The van der Waals surface area contributed by atoms with Gasteiger partial charge in [-0.2, -0.15) is 0 Å². The number of nitrogens with one attached hydrogen (secondary N) is 1. The van der Waals surface area contributed by atoms with Crippen molar-refractivity contribution in [2.24, 2.45) is 10.7 Å². The Hall–Kier alpha value is -0.820. The third-order valence-electron chi connectivity index (χ3n) is 3.95. The van der Waals surface area contributed by atoms with Crippen molar-refractivity contribution < 1.29 is 0 Å². The Morgan fingerprint density at radius 1 is 1.48 bits per heavy atom. The van der Waals surface area contributed by atoms with E-state index < -0.39 is 0 Å². The molecule has 21 heavy (non-hydrogen) atoms. The molecule has 4 nitrogen and oxygen atoms in total. The van der Waals surface area contributed by atoms with Crippen LogP contribution in [0.15, 0.2) is 29.3 Å². The average Bonchev–Trinajstić information content (AvgIpc) is 3.28. The van der Waals surface area contributed by atoms with Crippen LogP contribution in [0.4, 0.5) is 5.69 Å². The van der Waals surface area contributed by atoms with Gasteiger partial charge in [-0.15, -0.1) is 24.0 Å². The molecule has 1 aromatic rings. The molecule has 1 fully saturated rings. The highest BCUT2D eigenvalue weighted by molar-refractivity contribution is 14.0. The molecule has 0 aromatic heterocycles. The summed E-state index contributed by atoms with van der Waals surface area (Å²) in [6.45, 7) is 5.08. The highest BCUT2D eigenvalue weighted by Gasteiger charge is 2.28. The van der Waals surface area contributed by atoms with Crippen molar-refractivity contribution in [3.05, 3.63) is 29.8 Å². The van der Waals surface area contributed by atoms with Gasteiger partial charge in [0.1, 0.15) is 0 Å². The van der Waals surface area contributed by atoms with Crippen LogP contribution in [0.2, 0.25) is 0 Å². The van der Waals surface area contributed by atoms with Crippen LogP contribution in [-0.4, -0.2) is 36.5 Å². The lowest BCUT2D eigenvalue weighted by Gasteiger charge is -2.22. The van der Waals surface area contributed by atoms with Gasteiger partial charge >= 0.3 is 0 Å². The minimum atomic E-state index is 0. The number of aliphatic imine (C=N–C) groups is 1. The van der Waals surface area contributed by atoms with Crippen molar-refractivity contribution in [3.8, 4) is 0 Å². The van der Waals surface area contributed by atoms with Crippen LogP contribution >= 0.6 is 24.0 Å². The van der Waals surface area contributed by atoms with E-state index in [1.54, 1.807) is 0 Å². The van der Waals surface area contributed by atoms with Gasteiger partial charge in [0.25, 0.3) is 0 Å². The summed E-state index contributed by atoms with van der Waals surface area (Å²) < 4.78 is 0. The molecule has 0 saturated heterocycles. The van der Waals surface area contributed by atoms with E-state index in [1.165, 1.54) is 18.4 Å². The van der Waals surface area contributed by atoms with Crippen LogP contribution < -0.4 is 11.1 Å². The highest BCUT2D eigenvalue weighted by atomic mass is 127. The van der Waals surface area contributed by atoms with Gasteiger partial charge in [0.15, 0.2) is 5.96 Å². The fraction of sp³-hybridized carbons (Fsp3) is 0.562. The third-order valence-corrected chi connectivity index (χ3v) is 3.95. The summed E-state index contributed by atoms with van der Waals surface area (Å²) in [6.07, 6.45) is 3.67. The van der Waals surface area contributed by atoms with Crippen LogP contribution in [0.5, 0.6) is 0 Å². The third kappa shape index (κ3) is 5.82. The molecule has 0 amide bonds. The molecule has 3 N–H and O–H groups in total. The van der Waals surface area contributed by atoms with E-state index in [4.69, 9.17) is 5.73 Å². The minimum absolute atomic E-state index is 0. The first-order valence-corrected chi connectivity index (χ1v) is 7.48. The number of nitrogens with zero attached hydrogens (tertiary/aromatic N) is 2. The molecule has 0 aliphatic heterocycles. The van der Waals surface area contributed by atoms with E-state index >= 15 is 0 Å². The summed E-state index contributed by atoms with van der Waals surface area (Å²) in [5, 5.41) is 3.16. The fourth-order valence-electron chi connectivity index (χ4n) is 2.26. The van der Waals surface area contributed by atoms with Gasteiger partial charge in [0.2, 0.25) is 0 Å². The van der Waals surface area contributed by atoms with Gasteiger partial charge < -0.3 is 11.1 Å². The molecule has 1 aromatic carbocycles. The Morgan fingerprint density at radius 3 is 2.81 bits per heavy atom. The van der Waals surface area contributed by atoms with Crippen molar-refractivity contribution in [3.63, 3.8) is 0 Å². The van der Waals surface area contributed by atoms with Crippen molar-refractivity contribution in [1.82, 2.24) is 4.90 Å². The topological polar surface area (TPSA) is 53.6 Å². The molecular weight excluding hydrogens is 375 g/mol. The number of aryl methyl sites for hydroxylation is 1. The first kappa shape index (κ1) is 18.2. The van der Waals surface area contributed by atoms with E-state index in [-0.39, 0.29) is 24.0 Å². The number of anilines is 1. The molecule has 1 aliphatic rings. The Bertz CT molecular complexity index is 471. The molecule has 0 radical (unpaired) electrons. The zero-order valence-electron chi connectivity index (χ0n) is 13.2. The van der Waals surface area contributed by atoms with E-state index in [9.17, 15) is 0 Å². The first-order chi connectivity index (χ1) is 9.60. The Labute approximate surface area is 145 Å². The number of hydrogen-bond donors (Lipinski definition) is 2. The number of nitrogens with two attached hydrogens (primary N) is 1. The van der Waals surface area contributed by atoms with Crippen LogP contribution in [0.25, 0.3) is 0 Å². The maximum atomic E-state index is 5.96. The standard InChI is InChI=1S/C16H26N4.HI/c1-4-13-6-5-7-14(10-13)19-16(17)18-11-12(2)20(3)15-8-9-15;/h5-7,10,12,15H,4,8-9,11H2,1-3H3,(H3,17,18,19);1H. The monoisotopic (exact) mass is 402 g/mol. The number of rotatable bonds is 6. The van der Waals surface area contributed by atoms with Gasteiger partial charge in [-0.1, -0.05) is 19.1 Å². The lowest BCUT2D eigenvalue weighted by Crippen LogP contribution is -2.34. The molecule has 1 aliphatic carbocycles. The van der Waals surface area contributed by atoms with E-state index in [2.05, 4.69) is 48.2 Å². The van der Waals surface area contributed by atoms with Gasteiger partial charge in [-0.3, -0.25) is 9.89 Å². The molecule has 1 unspecified atom stereocenters. The second-order valence-corrected chi connectivity index (χ2v) is 5.65. The summed E-state index contributed by atoms with van der Waals surface area (Å²) in [7, 11) is 2.17. The lowest BCUT2D eigenvalue weighted by molar-refractivity contribution is 0.253. The second-order valence-electron chi connectivity index (χ2n) is 5.65. The zero-order chi connectivity index (χ0) is 14.5. The molecule has 0 spiro atoms. The van der Waals surface area contributed by atoms with Crippen LogP contribution in [0.1, 0.15) is 32.3 Å². The van der Waals surface area contributed by atoms with Gasteiger partial charge in [0.05, 0.1) is 6.54 Å². The van der Waals surface area contributed by atoms with Crippen molar-refractivity contribution in [2.75, 3.05) is 18.9 Å². The van der Waals surface area contributed by atoms with Crippen molar-refractivity contribution >= 4 is 35.6 Å². The summed E-state index contributed by atoms with van der Waals surface area (Å²) in [4.78, 5) is 6.85. The summed E-state index contributed by atoms with van der Waals surface area (Å²) >= 11 is 0. The Morgan fingerprint density at radius 2 is 2.19 bits per heavy atom. The SMILES string of the molecule is CCc1cccc(NC(N)=NCC(C)N(C)C2CC2)c1.I. The maximum Gasteiger partial charge on any atom is 0.193 e. The van der Waals surface area contributed by atoms with Gasteiger partial charge in [0, 0.05) is 17.8 Å². The minimum Gasteiger partial charge on any atom is -0.370 e. The van der Waals surface area contributed by atoms with Crippen LogP contribution in [-0.2, 0) is 6.42 Å². The van der Waals surface area contributed by atoms with Crippen LogP contribution in [0.3, 0.4) is 0 Å². The van der Waals surface area contributed by atoms with E-state index in [1.807, 2.05) is 12.1 Å². The summed E-state index contributed by atoms with van der Waals surface area (Å²) in [5.41, 5.74) is 8.26. The summed E-state index contributed by atoms with van der Waals surface area (Å²) in [5.74, 6) is 0.495. The first-order valence-electron chi connectivity index (χ1n) is 7.48. The molecular formula is C16H27IN4. The lowest BCUT2D eigenvalue weighted by atomic mass is 10.1. The number of halogens is 1. The van der Waals surface area contributed by atoms with E-state index in [0.29, 0.717) is 12.0 Å². The van der Waals surface area contributed by atoms with Crippen molar-refractivity contribution in [1.29, 1.82) is 0 Å². The molecule has 1 atom stereocenters. The number of benzene rings is 1. The number of hydrogen-bond acceptors (Lipinski definition) is 2.